The lowest BCUT2D eigenvalue weighted by atomic mass is 10.1. The molecule has 3 rings (SSSR count). The first-order chi connectivity index (χ1) is 9.67. The lowest BCUT2D eigenvalue weighted by Crippen LogP contribution is -1.98. The SMILES string of the molecule is COc1cncc(C(O)c2cc3ccc(F)cc3s2)c1. The lowest BCUT2D eigenvalue weighted by molar-refractivity contribution is 0.223. The van der Waals surface area contributed by atoms with Crippen LogP contribution in [0.1, 0.15) is 16.5 Å². The second-order valence-electron chi connectivity index (χ2n) is 4.39. The predicted octanol–water partition coefficient (Wildman–Crippen LogP) is 3.53. The van der Waals surface area contributed by atoms with E-state index in [0.717, 1.165) is 15.0 Å². The predicted molar refractivity (Wildman–Crippen MR) is 76.6 cm³/mol. The maximum Gasteiger partial charge on any atom is 0.137 e. The van der Waals surface area contributed by atoms with Crippen LogP contribution in [0.15, 0.2) is 42.7 Å². The van der Waals surface area contributed by atoms with E-state index >= 15 is 0 Å². The van der Waals surface area contributed by atoms with E-state index in [-0.39, 0.29) is 5.82 Å². The van der Waals surface area contributed by atoms with Gasteiger partial charge in [0.25, 0.3) is 0 Å². The first-order valence-electron chi connectivity index (χ1n) is 6.03. The van der Waals surface area contributed by atoms with Crippen LogP contribution in [0.2, 0.25) is 0 Å². The summed E-state index contributed by atoms with van der Waals surface area (Å²) in [5.41, 5.74) is 0.649. The first kappa shape index (κ1) is 13.0. The molecule has 0 fully saturated rings. The number of ether oxygens (including phenoxy) is 1. The Morgan fingerprint density at radius 2 is 2.10 bits per heavy atom. The van der Waals surface area contributed by atoms with Crippen LogP contribution in [-0.4, -0.2) is 17.2 Å². The maximum absolute atomic E-state index is 13.2. The fourth-order valence-corrected chi connectivity index (χ4v) is 3.13. The van der Waals surface area contributed by atoms with Gasteiger partial charge in [0.05, 0.1) is 13.3 Å². The van der Waals surface area contributed by atoms with Gasteiger partial charge in [0, 0.05) is 21.3 Å². The number of aliphatic hydroxyl groups excluding tert-OH is 1. The summed E-state index contributed by atoms with van der Waals surface area (Å²) in [4.78, 5) is 4.78. The quantitative estimate of drug-likeness (QED) is 0.802. The zero-order chi connectivity index (χ0) is 14.1. The van der Waals surface area contributed by atoms with Gasteiger partial charge in [-0.05, 0) is 29.7 Å². The molecule has 0 saturated carbocycles. The van der Waals surface area contributed by atoms with Gasteiger partial charge in [-0.2, -0.15) is 0 Å². The molecule has 0 aliphatic carbocycles. The van der Waals surface area contributed by atoms with E-state index in [0.29, 0.717) is 11.3 Å². The second kappa shape index (κ2) is 5.19. The van der Waals surface area contributed by atoms with Crippen LogP contribution >= 0.6 is 11.3 Å². The number of benzene rings is 1. The van der Waals surface area contributed by atoms with Crippen LogP contribution in [0.5, 0.6) is 5.75 Å². The van der Waals surface area contributed by atoms with Crippen molar-refractivity contribution in [1.82, 2.24) is 4.98 Å². The maximum atomic E-state index is 13.2. The van der Waals surface area contributed by atoms with Crippen LogP contribution in [0, 0.1) is 5.82 Å². The summed E-state index contributed by atoms with van der Waals surface area (Å²) in [7, 11) is 1.55. The minimum absolute atomic E-state index is 0.275. The molecule has 0 saturated heterocycles. The number of hydrogen-bond donors (Lipinski definition) is 1. The number of hydrogen-bond acceptors (Lipinski definition) is 4. The summed E-state index contributed by atoms with van der Waals surface area (Å²) in [5.74, 6) is 0.317. The fourth-order valence-electron chi connectivity index (χ4n) is 2.02. The average Bonchev–Trinajstić information content (AvgIpc) is 2.89. The van der Waals surface area contributed by atoms with Gasteiger partial charge in [0.2, 0.25) is 0 Å². The Hall–Kier alpha value is -1.98. The van der Waals surface area contributed by atoms with Crippen LogP contribution in [0.4, 0.5) is 4.39 Å². The molecule has 1 atom stereocenters. The molecule has 1 N–H and O–H groups in total. The van der Waals surface area contributed by atoms with E-state index in [2.05, 4.69) is 4.98 Å². The van der Waals surface area contributed by atoms with Crippen molar-refractivity contribution >= 4 is 21.4 Å². The Morgan fingerprint density at radius 3 is 2.90 bits per heavy atom. The third kappa shape index (κ3) is 2.37. The van der Waals surface area contributed by atoms with Crippen LogP contribution < -0.4 is 4.74 Å². The topological polar surface area (TPSA) is 42.4 Å². The molecule has 0 radical (unpaired) electrons. The normalized spacial score (nSPS) is 12.6. The zero-order valence-corrected chi connectivity index (χ0v) is 11.5. The van der Waals surface area contributed by atoms with Crippen molar-refractivity contribution in [2.45, 2.75) is 6.10 Å². The number of rotatable bonds is 3. The molecule has 1 aromatic carbocycles. The van der Waals surface area contributed by atoms with Crippen LogP contribution in [0.3, 0.4) is 0 Å². The highest BCUT2D eigenvalue weighted by Crippen LogP contribution is 2.34. The molecule has 0 spiro atoms. The molecule has 2 aromatic heterocycles. The third-order valence-corrected chi connectivity index (χ3v) is 4.21. The Bertz CT molecular complexity index is 756. The monoisotopic (exact) mass is 289 g/mol. The lowest BCUT2D eigenvalue weighted by Gasteiger charge is -2.09. The van der Waals surface area contributed by atoms with Crippen molar-refractivity contribution in [3.8, 4) is 5.75 Å². The summed E-state index contributed by atoms with van der Waals surface area (Å²) in [6.45, 7) is 0. The minimum Gasteiger partial charge on any atom is -0.495 e. The molecule has 3 aromatic rings. The Morgan fingerprint density at radius 1 is 1.25 bits per heavy atom. The van der Waals surface area contributed by atoms with Gasteiger partial charge in [-0.15, -0.1) is 11.3 Å². The molecule has 102 valence electrons. The first-order valence-corrected chi connectivity index (χ1v) is 6.85. The van der Waals surface area contributed by atoms with Gasteiger partial charge >= 0.3 is 0 Å². The van der Waals surface area contributed by atoms with E-state index in [9.17, 15) is 9.50 Å². The number of aromatic nitrogens is 1. The van der Waals surface area contributed by atoms with Crippen molar-refractivity contribution in [2.24, 2.45) is 0 Å². The van der Waals surface area contributed by atoms with E-state index in [4.69, 9.17) is 4.74 Å². The average molecular weight is 289 g/mol. The van der Waals surface area contributed by atoms with Crippen molar-refractivity contribution < 1.29 is 14.2 Å². The third-order valence-electron chi connectivity index (χ3n) is 3.06. The molecular weight excluding hydrogens is 277 g/mol. The highest BCUT2D eigenvalue weighted by molar-refractivity contribution is 7.19. The smallest absolute Gasteiger partial charge is 0.137 e. The molecule has 0 bridgehead atoms. The number of thiophene rings is 1. The van der Waals surface area contributed by atoms with E-state index in [1.165, 1.54) is 23.5 Å². The Labute approximate surface area is 119 Å². The minimum atomic E-state index is -0.793. The number of nitrogens with zero attached hydrogens (tertiary/aromatic N) is 1. The number of halogens is 1. The highest BCUT2D eigenvalue weighted by Gasteiger charge is 2.15. The molecule has 0 aliphatic heterocycles. The Balaban J connectivity index is 2.00. The molecule has 1 unspecified atom stereocenters. The number of aliphatic hydroxyl groups is 1. The van der Waals surface area contributed by atoms with E-state index in [1.54, 1.807) is 31.6 Å². The van der Waals surface area contributed by atoms with Gasteiger partial charge in [0.15, 0.2) is 0 Å². The van der Waals surface area contributed by atoms with Crippen molar-refractivity contribution in [3.05, 3.63) is 59.0 Å². The van der Waals surface area contributed by atoms with Crippen LogP contribution in [-0.2, 0) is 0 Å². The van der Waals surface area contributed by atoms with Gasteiger partial charge in [-0.3, -0.25) is 4.98 Å². The molecular formula is C15H12FNO2S. The van der Waals surface area contributed by atoms with E-state index < -0.39 is 6.10 Å². The summed E-state index contributed by atoms with van der Waals surface area (Å²) in [5, 5.41) is 11.3. The second-order valence-corrected chi connectivity index (χ2v) is 5.51. The van der Waals surface area contributed by atoms with E-state index in [1.807, 2.05) is 6.07 Å². The molecule has 3 nitrogen and oxygen atoms in total. The number of methoxy groups -OCH3 is 1. The molecule has 20 heavy (non-hydrogen) atoms. The van der Waals surface area contributed by atoms with Gasteiger partial charge in [-0.1, -0.05) is 6.07 Å². The summed E-state index contributed by atoms with van der Waals surface area (Å²) in [6, 6.07) is 8.20. The molecule has 0 amide bonds. The van der Waals surface area contributed by atoms with Crippen LogP contribution in [0.25, 0.3) is 10.1 Å². The summed E-state index contributed by atoms with van der Waals surface area (Å²) >= 11 is 1.37. The Kier molecular flexibility index (Phi) is 3.38. The standard InChI is InChI=1S/C15H12FNO2S/c1-19-12-4-10(7-17-8-12)15(18)14-5-9-2-3-11(16)6-13(9)20-14/h2-8,15,18H,1H3. The van der Waals surface area contributed by atoms with Crippen molar-refractivity contribution in [2.75, 3.05) is 7.11 Å². The van der Waals surface area contributed by atoms with Gasteiger partial charge in [-0.25, -0.2) is 4.39 Å². The van der Waals surface area contributed by atoms with Gasteiger partial charge < -0.3 is 9.84 Å². The summed E-state index contributed by atoms with van der Waals surface area (Å²) < 4.78 is 19.1. The molecule has 2 heterocycles. The largest absolute Gasteiger partial charge is 0.495 e. The summed E-state index contributed by atoms with van der Waals surface area (Å²) in [6.07, 6.45) is 2.38. The highest BCUT2D eigenvalue weighted by atomic mass is 32.1. The number of fused-ring (bicyclic) bond motifs is 1. The molecule has 0 aliphatic rings. The van der Waals surface area contributed by atoms with Gasteiger partial charge in [0.1, 0.15) is 17.7 Å². The van der Waals surface area contributed by atoms with Crippen molar-refractivity contribution in [1.29, 1.82) is 0 Å². The number of pyridine rings is 1. The molecule has 5 heteroatoms. The zero-order valence-electron chi connectivity index (χ0n) is 10.7. The fraction of sp³-hybridized carbons (Fsp3) is 0.133. The van der Waals surface area contributed by atoms with Crippen molar-refractivity contribution in [3.63, 3.8) is 0 Å².